The summed E-state index contributed by atoms with van der Waals surface area (Å²) in [5.74, 6) is -10.5. The van der Waals surface area contributed by atoms with Crippen LogP contribution in [0.4, 0.5) is 21.9 Å². The summed E-state index contributed by atoms with van der Waals surface area (Å²) in [6.07, 6.45) is 9.15. The zero-order chi connectivity index (χ0) is 72.4. The monoisotopic (exact) mass is 1380 g/mol. The van der Waals surface area contributed by atoms with E-state index in [4.69, 9.17) is 34.1 Å². The van der Waals surface area contributed by atoms with Crippen LogP contribution in [-0.2, 0) is 44.8 Å². The number of fused-ring (bicyclic) bond motifs is 2. The standard InChI is InChI=1S/C73H93N9O18/c1-38(2)59(78-53(84)21-12-10-15-32-82-54(85)26-27-55(82)86)71(94)77-47(20-17-29-75-72(74)95)70(93)76-45-24-22-44(23-25-45)37-97-51-34-46(81-30-13-11-14-31-81)35-52-60(51)79-61-58-56-48(83)36-50-57(58)68(91)73(8,100-50)98-33-28-49(96-9)41(5)64(88)43(7)65(89)42(6)63(87)39(3)18-16-19-40(4)69(92)80-62(66(56)90)67(61)99-52/h16,18,22-28,33-36,38-43,47,49,59,63-65,83,87-89H,10-15,17,19-21,29-32,37H2,1-9H3,(H,76,93)(H,77,94)(H,78,84)(H,80,92)(H3,74,75,95)/b18-16+,33-28+/t39-,40?,41+,42+,43-,47-,49-,59-,63-,64+,65+,73-/m0/s1. The maximum atomic E-state index is 15.2. The first-order chi connectivity index (χ1) is 47.6. The number of amides is 8. The number of hydrogen-bond donors (Lipinski definition) is 10. The van der Waals surface area contributed by atoms with Crippen molar-refractivity contribution in [3.63, 3.8) is 0 Å². The number of hydrogen-bond acceptors (Lipinski definition) is 20. The Kier molecular flexibility index (Phi) is 24.5. The van der Waals surface area contributed by atoms with Crippen LogP contribution >= 0.6 is 0 Å². The molecule has 27 nitrogen and oxygen atoms in total. The van der Waals surface area contributed by atoms with E-state index >= 15 is 9.59 Å². The second-order valence-electron chi connectivity index (χ2n) is 27.2. The Morgan fingerprint density at radius 3 is 2.20 bits per heavy atom. The third kappa shape index (κ3) is 17.0. The number of phenolic OH excluding ortho intramolecular Hbond substituents is 1. The van der Waals surface area contributed by atoms with Gasteiger partial charge in [-0.1, -0.05) is 79.2 Å². The second-order valence-corrected chi connectivity index (χ2v) is 27.2. The van der Waals surface area contributed by atoms with E-state index in [0.29, 0.717) is 49.3 Å². The van der Waals surface area contributed by atoms with E-state index in [-0.39, 0.29) is 113 Å². The van der Waals surface area contributed by atoms with E-state index in [1.54, 1.807) is 97.0 Å². The minimum atomic E-state index is -2.13. The molecule has 12 atom stereocenters. The number of allylic oxidation sites excluding steroid dienone is 1. The number of methoxy groups -OCH3 is 1. The van der Waals surface area contributed by atoms with Gasteiger partial charge in [-0.05, 0) is 81.1 Å². The summed E-state index contributed by atoms with van der Waals surface area (Å²) in [5, 5.41) is 59.7. The molecular formula is C73H93N9O18. The number of rotatable bonds is 21. The summed E-state index contributed by atoms with van der Waals surface area (Å²) in [6, 6.07) is 8.46. The largest absolute Gasteiger partial charge is 0.507 e. The smallest absolute Gasteiger partial charge is 0.312 e. The van der Waals surface area contributed by atoms with E-state index in [9.17, 15) is 54.0 Å². The third-order valence-corrected chi connectivity index (χ3v) is 19.4. The fourth-order valence-corrected chi connectivity index (χ4v) is 13.2. The quantitative estimate of drug-likeness (QED) is 0.0114. The molecule has 1 saturated heterocycles. The molecule has 5 aliphatic heterocycles. The van der Waals surface area contributed by atoms with E-state index in [1.165, 1.54) is 38.5 Å². The van der Waals surface area contributed by atoms with Gasteiger partial charge in [-0.15, -0.1) is 0 Å². The Morgan fingerprint density at radius 2 is 1.52 bits per heavy atom. The molecule has 27 heteroatoms. The lowest BCUT2D eigenvalue weighted by Gasteiger charge is -2.36. The maximum absolute atomic E-state index is 15.2. The molecule has 0 radical (unpaired) electrons. The number of Topliss-reactive ketones (excluding diaryl/α,β-unsaturated/α-hetero) is 1. The van der Waals surface area contributed by atoms with Crippen LogP contribution in [0.25, 0.3) is 33.3 Å². The van der Waals surface area contributed by atoms with Crippen LogP contribution in [-0.4, -0.2) is 153 Å². The SMILES string of the molecule is CO[C@H]1/C=C/O[C@@]2(C)Oc3cc(O)c4c(=O)c(c5oc6cc(N7CCCCC7)cc(OCc7ccc(NC(=O)[C@H](CCCNC(N)=O)NC(=O)[C@@H](NC(=O)CCCCCN8C(=O)C=CC8=O)C(C)C)cc7)c6nc-5c4c3C2=O)NC(=O)C(C)C/C=C/[C@H](C)[C@H](O)[C@@H](C)[C@@H](O)[C@@H](C)[C@H](O)[C@@H]1C. The van der Waals surface area contributed by atoms with Crippen LogP contribution in [0.15, 0.2) is 88.3 Å². The molecule has 11 N–H and O–H groups in total. The molecule has 1 unspecified atom stereocenters. The molecule has 5 heterocycles. The molecule has 538 valence electrons. The summed E-state index contributed by atoms with van der Waals surface area (Å²) >= 11 is 0. The third-order valence-electron chi connectivity index (χ3n) is 19.4. The number of unbranched alkanes of at least 4 members (excludes halogenated alkanes) is 2. The minimum absolute atomic E-state index is 0.0712. The number of ketones is 1. The Hall–Kier alpha value is -9.44. The van der Waals surface area contributed by atoms with E-state index in [2.05, 4.69) is 31.5 Å². The van der Waals surface area contributed by atoms with E-state index in [0.717, 1.165) is 30.2 Å². The molecule has 100 heavy (non-hydrogen) atoms. The number of imide groups is 1. The molecule has 0 aromatic heterocycles. The van der Waals surface area contributed by atoms with Crippen molar-refractivity contribution < 1.29 is 82.1 Å². The molecule has 0 saturated carbocycles. The number of anilines is 3. The van der Waals surface area contributed by atoms with Gasteiger partial charge in [-0.3, -0.25) is 43.3 Å². The summed E-state index contributed by atoms with van der Waals surface area (Å²) in [7, 11) is 1.42. The highest BCUT2D eigenvalue weighted by Gasteiger charge is 2.49. The first-order valence-corrected chi connectivity index (χ1v) is 34.3. The number of benzene rings is 4. The first-order valence-electron chi connectivity index (χ1n) is 34.3. The van der Waals surface area contributed by atoms with Crippen molar-refractivity contribution in [3.8, 4) is 28.7 Å². The van der Waals surface area contributed by atoms with Gasteiger partial charge in [0.2, 0.25) is 29.1 Å². The number of nitrogens with one attached hydrogen (secondary N) is 5. The minimum Gasteiger partial charge on any atom is -0.507 e. The Labute approximate surface area is 579 Å². The number of aromatic hydroxyl groups is 1. The highest BCUT2D eigenvalue weighted by molar-refractivity contribution is 6.22. The zero-order valence-electron chi connectivity index (χ0n) is 58.0. The number of primary amides is 1. The van der Waals surface area contributed by atoms with Crippen LogP contribution in [0.3, 0.4) is 0 Å². The molecule has 4 bridgehead atoms. The number of nitrogens with zero attached hydrogens (tertiary/aromatic N) is 3. The van der Waals surface area contributed by atoms with Crippen LogP contribution in [0.1, 0.15) is 136 Å². The first kappa shape index (κ1) is 74.8. The van der Waals surface area contributed by atoms with Crippen LogP contribution < -0.4 is 52.1 Å². The average molecular weight is 1380 g/mol. The molecule has 3 aromatic rings. The van der Waals surface area contributed by atoms with E-state index in [1.807, 2.05) is 0 Å². The predicted molar refractivity (Wildman–Crippen MR) is 372 cm³/mol. The number of piperidine rings is 1. The molecule has 0 spiro atoms. The molecule has 8 amide bonds. The number of aliphatic hydroxyl groups excluding tert-OH is 3. The molecule has 1 fully saturated rings. The lowest BCUT2D eigenvalue weighted by atomic mass is 9.78. The van der Waals surface area contributed by atoms with Gasteiger partial charge in [0.15, 0.2) is 17.1 Å². The highest BCUT2D eigenvalue weighted by Crippen LogP contribution is 2.49. The topological polar surface area (TPSA) is 390 Å². The van der Waals surface area contributed by atoms with Crippen molar-refractivity contribution in [2.24, 2.45) is 41.2 Å². The van der Waals surface area contributed by atoms with Crippen LogP contribution in [0, 0.1) is 35.5 Å². The van der Waals surface area contributed by atoms with Gasteiger partial charge in [0.25, 0.3) is 17.6 Å². The lowest BCUT2D eigenvalue weighted by molar-refractivity contribution is -0.137. The van der Waals surface area contributed by atoms with Crippen molar-refractivity contribution in [2.75, 3.05) is 48.8 Å². The van der Waals surface area contributed by atoms with Crippen LogP contribution in [0.5, 0.6) is 17.2 Å². The number of nitrogens with two attached hydrogens (primary N) is 1. The van der Waals surface area contributed by atoms with Gasteiger partial charge >= 0.3 is 11.8 Å². The van der Waals surface area contributed by atoms with Crippen molar-refractivity contribution in [1.82, 2.24) is 25.8 Å². The van der Waals surface area contributed by atoms with Crippen molar-refractivity contribution in [1.29, 1.82) is 0 Å². The van der Waals surface area contributed by atoms with Crippen molar-refractivity contribution in [2.45, 2.75) is 168 Å². The maximum Gasteiger partial charge on any atom is 0.312 e. The fraction of sp³-hybridized carbons (Fsp3) is 0.507. The van der Waals surface area contributed by atoms with E-state index < -0.39 is 124 Å². The number of ether oxygens (including phenoxy) is 4. The number of carbonyl (C=O) groups is 8. The number of aliphatic hydroxyl groups is 3. The summed E-state index contributed by atoms with van der Waals surface area (Å²) < 4.78 is 31.6. The summed E-state index contributed by atoms with van der Waals surface area (Å²) in [6.45, 7) is 15.0. The van der Waals surface area contributed by atoms with Gasteiger partial charge in [0.1, 0.15) is 47.1 Å². The Bertz CT molecular complexity index is 3980. The summed E-state index contributed by atoms with van der Waals surface area (Å²) in [4.78, 5) is 130. The number of carbonyl (C=O) groups excluding carboxylic acids is 8. The number of urea groups is 1. The number of phenols is 1. The number of aromatic nitrogens is 1. The highest BCUT2D eigenvalue weighted by atomic mass is 16.7. The predicted octanol–water partition coefficient (Wildman–Crippen LogP) is 7.22. The van der Waals surface area contributed by atoms with Crippen LogP contribution in [0.2, 0.25) is 0 Å². The van der Waals surface area contributed by atoms with Gasteiger partial charge in [-0.25, -0.2) is 9.78 Å². The second kappa shape index (κ2) is 32.7. The van der Waals surface area contributed by atoms with Gasteiger partial charge in [0, 0.05) is 123 Å². The van der Waals surface area contributed by atoms with Crippen molar-refractivity contribution in [3.05, 3.63) is 100 Å². The van der Waals surface area contributed by atoms with Gasteiger partial charge in [-0.2, -0.15) is 0 Å². The fourth-order valence-electron chi connectivity index (χ4n) is 13.2. The Morgan fingerprint density at radius 1 is 0.830 bits per heavy atom. The van der Waals surface area contributed by atoms with Gasteiger partial charge < -0.3 is 81.0 Å². The van der Waals surface area contributed by atoms with Crippen molar-refractivity contribution >= 4 is 86.2 Å². The normalized spacial score (nSPS) is 25.0. The molecule has 1 aliphatic carbocycles. The zero-order valence-corrected chi connectivity index (χ0v) is 58.0. The molecule has 3 aromatic carbocycles. The Balaban J connectivity index is 1.02. The average Bonchev–Trinajstić information content (AvgIpc) is 1.29. The molecule has 9 rings (SSSR count). The molecule has 6 aliphatic rings. The lowest BCUT2D eigenvalue weighted by Crippen LogP contribution is -2.54. The molecular weight excluding hydrogens is 1290 g/mol. The summed E-state index contributed by atoms with van der Waals surface area (Å²) in [5.41, 5.74) is 5.61. The van der Waals surface area contributed by atoms with Gasteiger partial charge in [0.05, 0.1) is 41.6 Å².